The van der Waals surface area contributed by atoms with E-state index < -0.39 is 15.4 Å². The first kappa shape index (κ1) is 23.8. The van der Waals surface area contributed by atoms with Gasteiger partial charge in [0.2, 0.25) is 0 Å². The number of hydrogen-bond acceptors (Lipinski definition) is 7. The molecule has 1 aliphatic rings. The minimum atomic E-state index is -3.89. The molecule has 2 aromatic carbocycles. The smallest absolute Gasteiger partial charge is 0.262 e. The maximum absolute atomic E-state index is 13.6. The summed E-state index contributed by atoms with van der Waals surface area (Å²) >= 11 is 0. The molecule has 0 atom stereocenters. The molecular weight excluding hydrogens is 478 g/mol. The second-order valence-electron chi connectivity index (χ2n) is 8.62. The average Bonchev–Trinajstić information content (AvgIpc) is 3.37. The van der Waals surface area contributed by atoms with E-state index in [9.17, 15) is 13.7 Å². The van der Waals surface area contributed by atoms with E-state index in [1.807, 2.05) is 36.4 Å². The molecule has 3 heterocycles. The number of hydrogen-bond donors (Lipinski definition) is 0. The minimum absolute atomic E-state index is 0.0102. The molecule has 5 rings (SSSR count). The zero-order valence-corrected chi connectivity index (χ0v) is 20.8. The maximum atomic E-state index is 13.6. The van der Waals surface area contributed by atoms with Crippen LogP contribution in [-0.2, 0) is 15.4 Å². The van der Waals surface area contributed by atoms with Crippen LogP contribution in [0.2, 0.25) is 0 Å². The molecule has 4 aromatic rings. The average molecular weight is 504 g/mol. The predicted octanol–water partition coefficient (Wildman–Crippen LogP) is 3.66. The molecule has 0 amide bonds. The van der Waals surface area contributed by atoms with E-state index in [0.717, 1.165) is 11.1 Å². The van der Waals surface area contributed by atoms with Crippen molar-refractivity contribution < 1.29 is 17.9 Å². The molecule has 9 nitrogen and oxygen atoms in total. The Labute approximate surface area is 209 Å². The van der Waals surface area contributed by atoms with Crippen LogP contribution in [0.4, 0.5) is 0 Å². The number of ether oxygens (including phenoxy) is 2. The monoisotopic (exact) mass is 503 g/mol. The van der Waals surface area contributed by atoms with Crippen LogP contribution in [0.5, 0.6) is 11.5 Å². The zero-order chi connectivity index (χ0) is 25.3. The van der Waals surface area contributed by atoms with Crippen molar-refractivity contribution in [2.75, 3.05) is 27.3 Å². The van der Waals surface area contributed by atoms with E-state index in [1.165, 1.54) is 15.0 Å². The molecule has 0 N–H and O–H groups in total. The zero-order valence-electron chi connectivity index (χ0n) is 20.0. The quantitative estimate of drug-likeness (QED) is 0.395. The summed E-state index contributed by atoms with van der Waals surface area (Å²) in [7, 11) is -0.778. The van der Waals surface area contributed by atoms with Crippen molar-refractivity contribution >= 4 is 15.7 Å². The van der Waals surface area contributed by atoms with Gasteiger partial charge in [0.1, 0.15) is 0 Å². The summed E-state index contributed by atoms with van der Waals surface area (Å²) in [5.74, 6) is 1.13. The van der Waals surface area contributed by atoms with Crippen LogP contribution in [0.1, 0.15) is 18.4 Å². The van der Waals surface area contributed by atoms with Gasteiger partial charge in [-0.05, 0) is 48.7 Å². The Morgan fingerprint density at radius 3 is 2.36 bits per heavy atom. The van der Waals surface area contributed by atoms with Crippen molar-refractivity contribution in [3.63, 3.8) is 0 Å². The lowest BCUT2D eigenvalue weighted by Crippen LogP contribution is -2.44. The molecule has 0 unspecified atom stereocenters. The number of fused-ring (bicyclic) bond motifs is 1. The topological polar surface area (TPSA) is 110 Å². The van der Waals surface area contributed by atoms with E-state index in [2.05, 4.69) is 16.2 Å². The van der Waals surface area contributed by atoms with Crippen LogP contribution in [0, 0.1) is 11.3 Å². The lowest BCUT2D eigenvalue weighted by molar-refractivity contribution is 0.276. The summed E-state index contributed by atoms with van der Waals surface area (Å²) in [5, 5.41) is 14.5. The molecular formula is C26H25N5O4S. The van der Waals surface area contributed by atoms with E-state index in [-0.39, 0.29) is 18.1 Å². The highest BCUT2D eigenvalue weighted by atomic mass is 32.2. The number of imidazole rings is 1. The van der Waals surface area contributed by atoms with Gasteiger partial charge in [0, 0.05) is 18.7 Å². The van der Waals surface area contributed by atoms with Crippen molar-refractivity contribution in [2.45, 2.75) is 23.3 Å². The summed E-state index contributed by atoms with van der Waals surface area (Å²) in [5.41, 5.74) is 1.94. The summed E-state index contributed by atoms with van der Waals surface area (Å²) in [6.07, 6.45) is 2.15. The minimum Gasteiger partial charge on any atom is -0.493 e. The summed E-state index contributed by atoms with van der Waals surface area (Å²) in [6, 6.07) is 20.9. The van der Waals surface area contributed by atoms with Crippen LogP contribution in [-0.4, -0.2) is 54.6 Å². The predicted molar refractivity (Wildman–Crippen MR) is 133 cm³/mol. The molecule has 184 valence electrons. The number of nitriles is 1. The second-order valence-corrected chi connectivity index (χ2v) is 10.5. The number of sulfonamides is 1. The largest absolute Gasteiger partial charge is 0.493 e. The van der Waals surface area contributed by atoms with E-state index in [1.54, 1.807) is 38.5 Å². The number of methoxy groups -OCH3 is 2. The van der Waals surface area contributed by atoms with Crippen LogP contribution < -0.4 is 9.47 Å². The fourth-order valence-electron chi connectivity index (χ4n) is 4.64. The highest BCUT2D eigenvalue weighted by Gasteiger charge is 2.41. The van der Waals surface area contributed by atoms with Crippen LogP contribution in [0.25, 0.3) is 16.9 Å². The van der Waals surface area contributed by atoms with Crippen LogP contribution in [0.3, 0.4) is 0 Å². The standard InChI is InChI=1S/C26H25N5O4S/c1-34-22-10-8-19(16-23(22)35-2)21-9-11-24-28-17-25(31(24)29-21)36(32,33)30-14-12-26(18-27,13-15-30)20-6-4-3-5-7-20/h3-11,16-17H,12-15H2,1-2H3. The molecule has 36 heavy (non-hydrogen) atoms. The van der Waals surface area contributed by atoms with Gasteiger partial charge in [-0.1, -0.05) is 30.3 Å². The van der Waals surface area contributed by atoms with Crippen LogP contribution in [0.15, 0.2) is 71.9 Å². The van der Waals surface area contributed by atoms with Crippen molar-refractivity contribution in [3.05, 3.63) is 72.4 Å². The third-order valence-corrected chi connectivity index (χ3v) is 8.58. The molecule has 1 aliphatic heterocycles. The second kappa shape index (κ2) is 9.26. The third kappa shape index (κ3) is 3.96. The number of rotatable bonds is 6. The first-order valence-electron chi connectivity index (χ1n) is 11.5. The SMILES string of the molecule is COc1ccc(-c2ccc3ncc(S(=O)(=O)N4CCC(C#N)(c5ccccc5)CC4)n3n2)cc1OC. The highest BCUT2D eigenvalue weighted by molar-refractivity contribution is 7.89. The van der Waals surface area contributed by atoms with Crippen molar-refractivity contribution in [2.24, 2.45) is 0 Å². The summed E-state index contributed by atoms with van der Waals surface area (Å²) in [4.78, 5) is 4.27. The third-order valence-electron chi connectivity index (χ3n) is 6.73. The summed E-state index contributed by atoms with van der Waals surface area (Å²) < 4.78 is 40.7. The molecule has 0 spiro atoms. The summed E-state index contributed by atoms with van der Waals surface area (Å²) in [6.45, 7) is 0.459. The highest BCUT2D eigenvalue weighted by Crippen LogP contribution is 2.37. The van der Waals surface area contributed by atoms with Crippen molar-refractivity contribution in [3.8, 4) is 28.8 Å². The molecule has 1 saturated heterocycles. The lowest BCUT2D eigenvalue weighted by Gasteiger charge is -2.36. The van der Waals surface area contributed by atoms with E-state index in [0.29, 0.717) is 35.7 Å². The fraction of sp³-hybridized carbons (Fsp3) is 0.269. The Morgan fingerprint density at radius 2 is 1.69 bits per heavy atom. The lowest BCUT2D eigenvalue weighted by atomic mass is 9.74. The number of benzene rings is 2. The number of aromatic nitrogens is 3. The molecule has 1 fully saturated rings. The van der Waals surface area contributed by atoms with Gasteiger partial charge in [0.25, 0.3) is 10.0 Å². The van der Waals surface area contributed by atoms with Gasteiger partial charge >= 0.3 is 0 Å². The molecule has 0 bridgehead atoms. The molecule has 0 radical (unpaired) electrons. The van der Waals surface area contributed by atoms with Crippen molar-refractivity contribution in [1.82, 2.24) is 18.9 Å². The van der Waals surface area contributed by atoms with Gasteiger partial charge < -0.3 is 9.47 Å². The van der Waals surface area contributed by atoms with E-state index in [4.69, 9.17) is 9.47 Å². The Hall–Kier alpha value is -3.94. The van der Waals surface area contributed by atoms with Gasteiger partial charge in [-0.3, -0.25) is 0 Å². The van der Waals surface area contributed by atoms with Gasteiger partial charge in [-0.25, -0.2) is 17.9 Å². The molecule has 0 aliphatic carbocycles. The van der Waals surface area contributed by atoms with Gasteiger partial charge in [0.15, 0.2) is 22.2 Å². The van der Waals surface area contributed by atoms with Gasteiger partial charge in [-0.15, -0.1) is 0 Å². The Balaban J connectivity index is 1.46. The van der Waals surface area contributed by atoms with Gasteiger partial charge in [0.05, 0.1) is 37.6 Å². The normalized spacial score (nSPS) is 15.9. The Kier molecular flexibility index (Phi) is 6.12. The van der Waals surface area contributed by atoms with E-state index >= 15 is 0 Å². The first-order chi connectivity index (χ1) is 17.4. The Morgan fingerprint density at radius 1 is 0.972 bits per heavy atom. The maximum Gasteiger partial charge on any atom is 0.262 e. The number of piperidine rings is 1. The van der Waals surface area contributed by atoms with Gasteiger partial charge in [-0.2, -0.15) is 14.7 Å². The molecule has 2 aromatic heterocycles. The van der Waals surface area contributed by atoms with Crippen molar-refractivity contribution in [1.29, 1.82) is 5.26 Å². The first-order valence-corrected chi connectivity index (χ1v) is 12.9. The molecule has 10 heteroatoms. The Bertz CT molecular complexity index is 1550. The van der Waals surface area contributed by atoms with Crippen LogP contribution >= 0.6 is 0 Å². The number of nitrogens with zero attached hydrogens (tertiary/aromatic N) is 5. The molecule has 0 saturated carbocycles. The fourth-order valence-corrected chi connectivity index (χ4v) is 6.11.